The Balaban J connectivity index is 4.32. The molecular weight excluding hydrogens is 181 g/mol. The lowest BCUT2D eigenvalue weighted by Gasteiger charge is -2.12. The van der Waals surface area contributed by atoms with Crippen molar-refractivity contribution in [2.75, 3.05) is 6.61 Å². The van der Waals surface area contributed by atoms with Crippen LogP contribution in [-0.4, -0.2) is 26.7 Å². The van der Waals surface area contributed by atoms with Crippen LogP contribution in [0, 0.1) is 11.3 Å². The van der Waals surface area contributed by atoms with Gasteiger partial charge in [-0.05, 0) is 6.92 Å². The summed E-state index contributed by atoms with van der Waals surface area (Å²) in [6.45, 7) is 6.22. The second-order valence-electron chi connectivity index (χ2n) is 2.94. The first-order valence-corrected chi connectivity index (χ1v) is 7.07. The van der Waals surface area contributed by atoms with Gasteiger partial charge in [0.2, 0.25) is 0 Å². The molecule has 1 unspecified atom stereocenters. The van der Waals surface area contributed by atoms with Gasteiger partial charge in [-0.15, -0.1) is 0 Å². The third-order valence-corrected chi connectivity index (χ3v) is 5.66. The molecule has 0 aliphatic carbocycles. The summed E-state index contributed by atoms with van der Waals surface area (Å²) in [5.74, 6) is -0.314. The maximum atomic E-state index is 11.3. The van der Waals surface area contributed by atoms with Crippen molar-refractivity contribution >= 4 is 20.1 Å². The molecule has 0 aromatic heterocycles. The minimum absolute atomic E-state index is 0.314. The van der Waals surface area contributed by atoms with E-state index in [1.54, 1.807) is 6.92 Å². The first kappa shape index (κ1) is 12.5. The van der Waals surface area contributed by atoms with Crippen molar-refractivity contribution in [1.29, 1.82) is 5.26 Å². The second-order valence-corrected chi connectivity index (χ2v) is 6.76. The number of nitriles is 1. The molecule has 0 N–H and O–H groups in total. The Bertz CT molecular complexity index is 196. The van der Waals surface area contributed by atoms with Gasteiger partial charge < -0.3 is 4.74 Å². The Hall–Kier alpha value is -0.508. The van der Waals surface area contributed by atoms with Crippen molar-refractivity contribution < 1.29 is 9.53 Å². The standard InChI is InChI=1S/C5H6NO2.2C2H5.Al/c1-2-8-5(7)3-4-6;2*1-2;/h3H,2H2,1H3;2*1H2,2H3;. The van der Waals surface area contributed by atoms with Gasteiger partial charge in [-0.3, -0.25) is 4.79 Å². The zero-order valence-electron chi connectivity index (χ0n) is 8.54. The molecule has 0 aromatic rings. The van der Waals surface area contributed by atoms with Crippen LogP contribution in [0.2, 0.25) is 15.3 Å². The molecule has 0 aliphatic heterocycles. The number of ether oxygens (including phenoxy) is 1. The quantitative estimate of drug-likeness (QED) is 0.500. The van der Waals surface area contributed by atoms with Crippen LogP contribution in [-0.2, 0) is 9.53 Å². The van der Waals surface area contributed by atoms with E-state index in [2.05, 4.69) is 6.07 Å². The minimum atomic E-state index is -1.23. The molecule has 0 aliphatic rings. The van der Waals surface area contributed by atoms with Gasteiger partial charge in [-0.2, -0.15) is 5.26 Å². The second kappa shape index (κ2) is 6.95. The average molecular weight is 197 g/mol. The number of nitrogens with zero attached hydrogens (tertiary/aromatic N) is 1. The van der Waals surface area contributed by atoms with E-state index in [0.717, 1.165) is 10.6 Å². The monoisotopic (exact) mass is 197 g/mol. The molecule has 4 heteroatoms. The van der Waals surface area contributed by atoms with E-state index >= 15 is 0 Å². The summed E-state index contributed by atoms with van der Waals surface area (Å²) in [5, 5.41) is 10.8. The number of hydrogen-bond donors (Lipinski definition) is 0. The van der Waals surface area contributed by atoms with Gasteiger partial charge in [0.1, 0.15) is 0 Å². The van der Waals surface area contributed by atoms with Gasteiger partial charge in [-0.25, -0.2) is 0 Å². The van der Waals surface area contributed by atoms with Crippen molar-refractivity contribution in [2.24, 2.45) is 0 Å². The van der Waals surface area contributed by atoms with Crippen LogP contribution in [0.3, 0.4) is 0 Å². The number of hydrogen-bond acceptors (Lipinski definition) is 3. The fourth-order valence-electron chi connectivity index (χ4n) is 1.34. The first-order valence-electron chi connectivity index (χ1n) is 4.77. The van der Waals surface area contributed by atoms with Crippen LogP contribution < -0.4 is 0 Å². The van der Waals surface area contributed by atoms with E-state index in [1.807, 2.05) is 13.8 Å². The highest BCUT2D eigenvalue weighted by Gasteiger charge is 2.31. The van der Waals surface area contributed by atoms with Gasteiger partial charge in [0.05, 0.1) is 17.5 Å². The third kappa shape index (κ3) is 3.81. The molecule has 72 valence electrons. The highest BCUT2D eigenvalue weighted by atomic mass is 27.2. The Morgan fingerprint density at radius 3 is 2.31 bits per heavy atom. The Labute approximate surface area is 84.1 Å². The first-order chi connectivity index (χ1) is 6.21. The molecule has 0 rings (SSSR count). The summed E-state index contributed by atoms with van der Waals surface area (Å²) < 4.78 is 4.40. The maximum Gasteiger partial charge on any atom is 0.309 e. The van der Waals surface area contributed by atoms with Gasteiger partial charge >= 0.3 is 20.1 Å². The maximum absolute atomic E-state index is 11.3. The van der Waals surface area contributed by atoms with Gasteiger partial charge in [0.15, 0.2) is 0 Å². The van der Waals surface area contributed by atoms with Gasteiger partial charge in [0.25, 0.3) is 0 Å². The summed E-state index contributed by atoms with van der Waals surface area (Å²) in [6, 6.07) is 2.08. The number of carbonyl (C=O) groups excluding carboxylic acids is 1. The molecule has 0 fully saturated rings. The van der Waals surface area contributed by atoms with Crippen molar-refractivity contribution in [1.82, 2.24) is 0 Å². The van der Waals surface area contributed by atoms with Crippen molar-refractivity contribution in [3.8, 4) is 6.07 Å². The summed E-state index contributed by atoms with van der Waals surface area (Å²) in [7, 11) is 0. The van der Waals surface area contributed by atoms with E-state index in [0.29, 0.717) is 6.61 Å². The molecule has 0 radical (unpaired) electrons. The van der Waals surface area contributed by atoms with E-state index in [4.69, 9.17) is 10.00 Å². The summed E-state index contributed by atoms with van der Waals surface area (Å²) in [6.07, 6.45) is 0. The van der Waals surface area contributed by atoms with Crippen LogP contribution in [0.5, 0.6) is 0 Å². The van der Waals surface area contributed by atoms with Gasteiger partial charge in [0, 0.05) is 0 Å². The van der Waals surface area contributed by atoms with Crippen molar-refractivity contribution in [2.45, 2.75) is 36.1 Å². The number of carbonyl (C=O) groups is 1. The molecule has 0 aromatic carbocycles. The Kier molecular flexibility index (Phi) is 6.68. The molecule has 13 heavy (non-hydrogen) atoms. The van der Waals surface area contributed by atoms with E-state index in [1.165, 1.54) is 0 Å². The van der Waals surface area contributed by atoms with Crippen molar-refractivity contribution in [3.05, 3.63) is 0 Å². The molecule has 0 bridgehead atoms. The summed E-state index contributed by atoms with van der Waals surface area (Å²) >= 11 is -1.23. The highest BCUT2D eigenvalue weighted by molar-refractivity contribution is 6.65. The van der Waals surface area contributed by atoms with Crippen LogP contribution in [0.1, 0.15) is 20.8 Å². The largest absolute Gasteiger partial charge is 0.466 e. The Morgan fingerprint density at radius 2 is 2.00 bits per heavy atom. The van der Waals surface area contributed by atoms with Gasteiger partial charge in [-0.1, -0.05) is 24.4 Å². The minimum Gasteiger partial charge on any atom is -0.466 e. The highest BCUT2D eigenvalue weighted by Crippen LogP contribution is 2.17. The molecule has 0 saturated carbocycles. The molecule has 0 amide bonds. The zero-order chi connectivity index (χ0) is 10.3. The summed E-state index contributed by atoms with van der Waals surface area (Å²) in [5.41, 5.74) is 0. The number of esters is 1. The van der Waals surface area contributed by atoms with Crippen LogP contribution in [0.25, 0.3) is 0 Å². The molecule has 0 spiro atoms. The van der Waals surface area contributed by atoms with E-state index in [9.17, 15) is 4.79 Å². The van der Waals surface area contributed by atoms with E-state index < -0.39 is 18.9 Å². The predicted molar refractivity (Wildman–Crippen MR) is 52.7 cm³/mol. The SMILES string of the molecule is CCOC(=O)[CH](C#N)[Al]([CH2]C)[CH2]C. The zero-order valence-corrected chi connectivity index (χ0v) is 9.69. The normalized spacial score (nSPS) is 11.5. The lowest BCUT2D eigenvalue weighted by Crippen LogP contribution is -2.26. The fraction of sp³-hybridized carbons (Fsp3) is 0.778. The molecule has 1 atom stereocenters. The molecule has 0 saturated heterocycles. The topological polar surface area (TPSA) is 50.1 Å². The van der Waals surface area contributed by atoms with Crippen LogP contribution >= 0.6 is 0 Å². The molecule has 3 nitrogen and oxygen atoms in total. The third-order valence-electron chi connectivity index (χ3n) is 2.20. The lowest BCUT2D eigenvalue weighted by atomic mass is 10.5. The average Bonchev–Trinajstić information content (AvgIpc) is 2.14. The Morgan fingerprint density at radius 1 is 1.46 bits per heavy atom. The molecule has 0 heterocycles. The fourth-order valence-corrected chi connectivity index (χ4v) is 3.55. The van der Waals surface area contributed by atoms with Crippen LogP contribution in [0.15, 0.2) is 0 Å². The molecular formula is C9H16AlNO2. The van der Waals surface area contributed by atoms with Crippen LogP contribution in [0.4, 0.5) is 0 Å². The summed E-state index contributed by atoms with van der Waals surface area (Å²) in [4.78, 5) is 11.3. The lowest BCUT2D eigenvalue weighted by molar-refractivity contribution is -0.141. The smallest absolute Gasteiger partial charge is 0.309 e. The van der Waals surface area contributed by atoms with E-state index in [-0.39, 0.29) is 5.97 Å². The number of rotatable bonds is 5. The predicted octanol–water partition coefficient (Wildman–Crippen LogP) is 1.98. The van der Waals surface area contributed by atoms with Crippen molar-refractivity contribution in [3.63, 3.8) is 0 Å².